The molecule has 0 unspecified atom stereocenters. The highest BCUT2D eigenvalue weighted by molar-refractivity contribution is 6.32. The maximum absolute atomic E-state index is 14.6. The number of ketones is 3. The van der Waals surface area contributed by atoms with Gasteiger partial charge in [-0.05, 0) is 47.5 Å². The van der Waals surface area contributed by atoms with Gasteiger partial charge >= 0.3 is 5.97 Å². The lowest BCUT2D eigenvalue weighted by molar-refractivity contribution is -0.131. The van der Waals surface area contributed by atoms with Crippen LogP contribution in [0, 0.1) is 5.41 Å². The van der Waals surface area contributed by atoms with E-state index in [4.69, 9.17) is 4.74 Å². The van der Waals surface area contributed by atoms with Crippen LogP contribution in [0.3, 0.4) is 0 Å². The molecule has 1 spiro atoms. The molecule has 41 heavy (non-hydrogen) atoms. The quantitative estimate of drug-likeness (QED) is 0.150. The van der Waals surface area contributed by atoms with Crippen LogP contribution in [0.2, 0.25) is 0 Å². The summed E-state index contributed by atoms with van der Waals surface area (Å²) in [5, 5.41) is 0. The van der Waals surface area contributed by atoms with Gasteiger partial charge in [-0.3, -0.25) is 24.2 Å². The molecule has 0 amide bonds. The van der Waals surface area contributed by atoms with Crippen LogP contribution >= 0.6 is 0 Å². The zero-order chi connectivity index (χ0) is 28.3. The first-order valence-electron chi connectivity index (χ1n) is 13.4. The zero-order valence-electron chi connectivity index (χ0n) is 22.1. The van der Waals surface area contributed by atoms with E-state index in [0.717, 1.165) is 11.3 Å². The Morgan fingerprint density at radius 2 is 1.54 bits per heavy atom. The fourth-order valence-corrected chi connectivity index (χ4v) is 6.87. The van der Waals surface area contributed by atoms with Crippen LogP contribution in [0.1, 0.15) is 55.0 Å². The number of ether oxygens (including phenoxy) is 1. The Morgan fingerprint density at radius 3 is 2.20 bits per heavy atom. The summed E-state index contributed by atoms with van der Waals surface area (Å²) in [6, 6.07) is 22.9. The van der Waals surface area contributed by atoms with Crippen molar-refractivity contribution >= 4 is 35.1 Å². The van der Waals surface area contributed by atoms with Gasteiger partial charge in [-0.1, -0.05) is 60.7 Å². The van der Waals surface area contributed by atoms with Crippen molar-refractivity contribution in [3.05, 3.63) is 131 Å². The molecule has 3 aliphatic rings. The number of pyridine rings is 1. The third-order valence-electron chi connectivity index (χ3n) is 8.43. The number of fused-ring (bicyclic) bond motifs is 5. The molecule has 7 heteroatoms. The standard InChI is InChI=1S/C34H24N2O5/c1-20(37)41-24-15-12-22(13-16-24)31(38)30-29(23-8-6-18-35-19-23)34(32(39)25-9-3-4-10-26(25)33(34)40)28-17-14-21-7-2-5-11-27(21)36(28)30/h2-19,28-30H,1H3/t28-,29-,30-/m0/s1. The summed E-state index contributed by atoms with van der Waals surface area (Å²) in [5.74, 6) is -1.79. The minimum absolute atomic E-state index is 0.253. The third kappa shape index (κ3) is 3.48. The van der Waals surface area contributed by atoms with Crippen LogP contribution in [0.15, 0.2) is 103 Å². The van der Waals surface area contributed by atoms with Crippen LogP contribution in [0.25, 0.3) is 6.08 Å². The maximum Gasteiger partial charge on any atom is 0.308 e. The lowest BCUT2D eigenvalue weighted by atomic mass is 9.64. The van der Waals surface area contributed by atoms with E-state index in [0.29, 0.717) is 28.0 Å². The molecule has 0 bridgehead atoms. The fraction of sp³-hybridized carbons (Fsp3) is 0.147. The van der Waals surface area contributed by atoms with Crippen molar-refractivity contribution in [1.82, 2.24) is 4.98 Å². The van der Waals surface area contributed by atoms with Gasteiger partial charge in [0.2, 0.25) is 0 Å². The second-order valence-corrected chi connectivity index (χ2v) is 10.5. The Kier molecular flexibility index (Phi) is 5.57. The Labute approximate surface area is 236 Å². The van der Waals surface area contributed by atoms with Crippen LogP contribution in [-0.2, 0) is 4.79 Å². The van der Waals surface area contributed by atoms with Crippen molar-refractivity contribution in [1.29, 1.82) is 0 Å². The van der Waals surface area contributed by atoms with E-state index in [2.05, 4.69) is 4.98 Å². The number of hydrogen-bond donors (Lipinski definition) is 0. The second-order valence-electron chi connectivity index (χ2n) is 10.5. The molecule has 0 radical (unpaired) electrons. The van der Waals surface area contributed by atoms with Gasteiger partial charge in [0.25, 0.3) is 0 Å². The lowest BCUT2D eigenvalue weighted by Crippen LogP contribution is -2.48. The van der Waals surface area contributed by atoms with E-state index >= 15 is 0 Å². The predicted octanol–water partition coefficient (Wildman–Crippen LogP) is 5.32. The Bertz CT molecular complexity index is 1740. The molecule has 0 saturated carbocycles. The number of para-hydroxylation sites is 1. The highest BCUT2D eigenvalue weighted by Gasteiger charge is 2.71. The second kappa shape index (κ2) is 9.20. The summed E-state index contributed by atoms with van der Waals surface area (Å²) in [6.07, 6.45) is 7.10. The molecular formula is C34H24N2O5. The Balaban J connectivity index is 1.48. The van der Waals surface area contributed by atoms with Gasteiger partial charge in [-0.2, -0.15) is 0 Å². The molecule has 200 valence electrons. The number of esters is 1. The number of carbonyl (C=O) groups is 4. The number of hydrogen-bond acceptors (Lipinski definition) is 7. The number of benzene rings is 3. The average molecular weight is 541 g/mol. The fourth-order valence-electron chi connectivity index (χ4n) is 6.87. The van der Waals surface area contributed by atoms with Crippen molar-refractivity contribution in [3.63, 3.8) is 0 Å². The van der Waals surface area contributed by atoms with E-state index < -0.39 is 29.4 Å². The largest absolute Gasteiger partial charge is 0.427 e. The van der Waals surface area contributed by atoms with E-state index in [1.165, 1.54) is 6.92 Å². The van der Waals surface area contributed by atoms with Crippen LogP contribution in [0.4, 0.5) is 5.69 Å². The smallest absolute Gasteiger partial charge is 0.308 e. The van der Waals surface area contributed by atoms with Crippen molar-refractivity contribution in [2.75, 3.05) is 4.90 Å². The number of anilines is 1. The molecule has 4 aromatic rings. The summed E-state index contributed by atoms with van der Waals surface area (Å²) in [7, 11) is 0. The number of aromatic nitrogens is 1. The van der Waals surface area contributed by atoms with Crippen LogP contribution in [-0.4, -0.2) is 40.4 Å². The minimum atomic E-state index is -1.57. The molecule has 2 aliphatic heterocycles. The predicted molar refractivity (Wildman–Crippen MR) is 152 cm³/mol. The number of carbonyl (C=O) groups excluding carboxylic acids is 4. The summed E-state index contributed by atoms with van der Waals surface area (Å²) in [5.41, 5.74) is 1.85. The van der Waals surface area contributed by atoms with Gasteiger partial charge in [-0.15, -0.1) is 0 Å². The molecule has 3 atom stereocenters. The summed E-state index contributed by atoms with van der Waals surface area (Å²) in [4.78, 5) is 61.5. The summed E-state index contributed by atoms with van der Waals surface area (Å²) in [6.45, 7) is 1.31. The molecule has 7 nitrogen and oxygen atoms in total. The summed E-state index contributed by atoms with van der Waals surface area (Å²) >= 11 is 0. The van der Waals surface area contributed by atoms with E-state index in [-0.39, 0.29) is 17.3 Å². The molecular weight excluding hydrogens is 516 g/mol. The van der Waals surface area contributed by atoms with Gasteiger partial charge in [0.15, 0.2) is 17.3 Å². The van der Waals surface area contributed by atoms with E-state index in [9.17, 15) is 19.2 Å². The van der Waals surface area contributed by atoms with Gasteiger partial charge in [0.05, 0.1) is 6.04 Å². The molecule has 1 aromatic heterocycles. The van der Waals surface area contributed by atoms with Gasteiger partial charge in [0, 0.05) is 47.6 Å². The maximum atomic E-state index is 14.6. The normalized spacial score (nSPS) is 21.4. The Morgan fingerprint density at radius 1 is 0.854 bits per heavy atom. The molecule has 1 fully saturated rings. The van der Waals surface area contributed by atoms with Crippen molar-refractivity contribution < 1.29 is 23.9 Å². The monoisotopic (exact) mass is 540 g/mol. The molecule has 3 heterocycles. The molecule has 1 aliphatic carbocycles. The molecule has 7 rings (SSSR count). The van der Waals surface area contributed by atoms with Crippen molar-refractivity contribution in [3.8, 4) is 5.75 Å². The van der Waals surface area contributed by atoms with Gasteiger partial charge in [0.1, 0.15) is 17.2 Å². The van der Waals surface area contributed by atoms with E-state index in [1.54, 1.807) is 67.0 Å². The zero-order valence-corrected chi connectivity index (χ0v) is 22.1. The van der Waals surface area contributed by atoms with Crippen molar-refractivity contribution in [2.45, 2.75) is 24.9 Å². The average Bonchev–Trinajstić information content (AvgIpc) is 3.43. The first-order chi connectivity index (χ1) is 19.9. The van der Waals surface area contributed by atoms with E-state index in [1.807, 2.05) is 47.4 Å². The summed E-state index contributed by atoms with van der Waals surface area (Å²) < 4.78 is 5.17. The first-order valence-corrected chi connectivity index (χ1v) is 13.4. The third-order valence-corrected chi connectivity index (χ3v) is 8.43. The van der Waals surface area contributed by atoms with Gasteiger partial charge < -0.3 is 9.64 Å². The SMILES string of the molecule is CC(=O)Oc1ccc(C(=O)[C@@H]2[C@H](c3cccnc3)C3(C(=O)c4ccccc4C3=O)[C@@H]3C=Cc4ccccc4N23)cc1. The number of Topliss-reactive ketones (excluding diaryl/α,β-unsaturated/α-hetero) is 3. The topological polar surface area (TPSA) is 93.6 Å². The van der Waals surface area contributed by atoms with Crippen molar-refractivity contribution in [2.24, 2.45) is 5.41 Å². The first kappa shape index (κ1) is 24.8. The molecule has 0 N–H and O–H groups in total. The van der Waals surface area contributed by atoms with Gasteiger partial charge in [-0.25, -0.2) is 0 Å². The number of nitrogens with zero attached hydrogens (tertiary/aromatic N) is 2. The number of rotatable bonds is 4. The lowest BCUT2D eigenvalue weighted by Gasteiger charge is -2.37. The molecule has 1 saturated heterocycles. The Hall–Kier alpha value is -5.17. The minimum Gasteiger partial charge on any atom is -0.427 e. The van der Waals surface area contributed by atoms with Crippen LogP contribution < -0.4 is 9.64 Å². The highest BCUT2D eigenvalue weighted by atomic mass is 16.5. The van der Waals surface area contributed by atoms with Crippen LogP contribution in [0.5, 0.6) is 5.75 Å². The molecule has 3 aromatic carbocycles. The highest BCUT2D eigenvalue weighted by Crippen LogP contribution is 2.60.